The number of aryl methyl sites for hydroxylation is 1. The summed E-state index contributed by atoms with van der Waals surface area (Å²) in [6, 6.07) is 10.4. The summed E-state index contributed by atoms with van der Waals surface area (Å²) in [7, 11) is 1.71. The monoisotopic (exact) mass is 386 g/mol. The lowest BCUT2D eigenvalue weighted by molar-refractivity contribution is 0.103. The third kappa shape index (κ3) is 2.59. The lowest BCUT2D eigenvalue weighted by Gasteiger charge is -2.33. The van der Waals surface area contributed by atoms with Crippen LogP contribution in [0.4, 0.5) is 0 Å². The molecule has 0 atom stereocenters. The van der Waals surface area contributed by atoms with Crippen molar-refractivity contribution in [3.8, 4) is 5.75 Å². The van der Waals surface area contributed by atoms with Crippen LogP contribution < -0.4 is 10.1 Å². The zero-order valence-electron chi connectivity index (χ0n) is 17.4. The van der Waals surface area contributed by atoms with Crippen LogP contribution in [0.3, 0.4) is 0 Å². The van der Waals surface area contributed by atoms with Gasteiger partial charge in [-0.15, -0.1) is 0 Å². The molecule has 3 aromatic rings. The van der Waals surface area contributed by atoms with Gasteiger partial charge in [-0.05, 0) is 54.8 Å². The van der Waals surface area contributed by atoms with Crippen LogP contribution in [0, 0.1) is 6.92 Å². The average Bonchev–Trinajstić information content (AvgIpc) is 3.12. The Labute approximate surface area is 171 Å². The van der Waals surface area contributed by atoms with Crippen molar-refractivity contribution in [2.75, 3.05) is 20.2 Å². The van der Waals surface area contributed by atoms with Crippen molar-refractivity contribution in [1.82, 2.24) is 10.3 Å². The van der Waals surface area contributed by atoms with Crippen molar-refractivity contribution < 1.29 is 9.53 Å². The van der Waals surface area contributed by atoms with E-state index >= 15 is 0 Å². The number of aromatic nitrogens is 1. The Morgan fingerprint density at radius 1 is 1.10 bits per heavy atom. The molecule has 2 heterocycles. The Morgan fingerprint density at radius 2 is 1.93 bits per heavy atom. The number of aromatic amines is 1. The van der Waals surface area contributed by atoms with Crippen molar-refractivity contribution in [2.24, 2.45) is 0 Å². The SMILES string of the molecule is COc1cc2c(cc1C1=CCNCC1)C(=O)c1c([nH]c3cc(C)ccc13)C2(C)C. The molecule has 2 aliphatic rings. The number of benzene rings is 2. The molecule has 1 aliphatic heterocycles. The lowest BCUT2D eigenvalue weighted by atomic mass is 9.70. The Bertz CT molecular complexity index is 1200. The Balaban J connectivity index is 1.78. The Morgan fingerprint density at radius 3 is 2.66 bits per heavy atom. The van der Waals surface area contributed by atoms with Gasteiger partial charge in [0.25, 0.3) is 0 Å². The largest absolute Gasteiger partial charge is 0.496 e. The van der Waals surface area contributed by atoms with Crippen molar-refractivity contribution in [2.45, 2.75) is 32.6 Å². The summed E-state index contributed by atoms with van der Waals surface area (Å²) in [6.07, 6.45) is 3.14. The fourth-order valence-corrected chi connectivity index (χ4v) is 4.86. The van der Waals surface area contributed by atoms with Gasteiger partial charge in [-0.1, -0.05) is 32.1 Å². The van der Waals surface area contributed by atoms with Crippen LogP contribution in [0.5, 0.6) is 5.75 Å². The number of nitrogens with one attached hydrogen (secondary N) is 2. The molecule has 0 saturated carbocycles. The van der Waals surface area contributed by atoms with Gasteiger partial charge in [-0.25, -0.2) is 0 Å². The lowest BCUT2D eigenvalue weighted by Crippen LogP contribution is -2.30. The van der Waals surface area contributed by atoms with E-state index in [2.05, 4.69) is 67.5 Å². The summed E-state index contributed by atoms with van der Waals surface area (Å²) >= 11 is 0. The summed E-state index contributed by atoms with van der Waals surface area (Å²) in [5.74, 6) is 0.941. The fraction of sp³-hybridized carbons (Fsp3) is 0.320. The molecule has 0 unspecified atom stereocenters. The maximum absolute atomic E-state index is 13.7. The molecule has 2 aromatic carbocycles. The maximum Gasteiger partial charge on any atom is 0.195 e. The predicted octanol–water partition coefficient (Wildman–Crippen LogP) is 4.73. The number of hydrogen-bond donors (Lipinski definition) is 2. The number of ketones is 1. The third-order valence-electron chi connectivity index (χ3n) is 6.47. The van der Waals surface area contributed by atoms with E-state index < -0.39 is 0 Å². The van der Waals surface area contributed by atoms with Gasteiger partial charge < -0.3 is 15.0 Å². The van der Waals surface area contributed by atoms with Crippen LogP contribution in [0.15, 0.2) is 36.4 Å². The van der Waals surface area contributed by atoms with Gasteiger partial charge >= 0.3 is 0 Å². The van der Waals surface area contributed by atoms with Gasteiger partial charge in [0.1, 0.15) is 5.75 Å². The summed E-state index contributed by atoms with van der Waals surface area (Å²) in [6.45, 7) is 8.23. The molecule has 0 saturated heterocycles. The second-order valence-electron chi connectivity index (χ2n) is 8.66. The topological polar surface area (TPSA) is 54.1 Å². The van der Waals surface area contributed by atoms with Gasteiger partial charge in [0.15, 0.2) is 5.78 Å². The number of carbonyl (C=O) groups excluding carboxylic acids is 1. The van der Waals surface area contributed by atoms with Crippen LogP contribution in [-0.4, -0.2) is 31.0 Å². The predicted molar refractivity (Wildman–Crippen MR) is 117 cm³/mol. The van der Waals surface area contributed by atoms with E-state index in [1.54, 1.807) is 7.11 Å². The Kier molecular flexibility index (Phi) is 3.97. The first kappa shape index (κ1) is 18.2. The van der Waals surface area contributed by atoms with E-state index in [0.717, 1.165) is 64.1 Å². The zero-order valence-corrected chi connectivity index (χ0v) is 17.4. The molecule has 148 valence electrons. The smallest absolute Gasteiger partial charge is 0.195 e. The minimum Gasteiger partial charge on any atom is -0.496 e. The molecule has 1 aliphatic carbocycles. The standard InChI is InChI=1S/C25H26N2O2/c1-14-5-6-16-20(11-14)27-24-22(16)23(28)18-12-17(15-7-9-26-10-8-15)21(29-4)13-19(18)25(24,2)3/h5-7,11-13,26-27H,8-10H2,1-4H3. The van der Waals surface area contributed by atoms with Crippen LogP contribution in [0.2, 0.25) is 0 Å². The Hall–Kier alpha value is -2.85. The molecule has 0 bridgehead atoms. The molecular formula is C25H26N2O2. The second kappa shape index (κ2) is 6.33. The fourth-order valence-electron chi connectivity index (χ4n) is 4.86. The number of methoxy groups -OCH3 is 1. The summed E-state index contributed by atoms with van der Waals surface area (Å²) < 4.78 is 5.77. The van der Waals surface area contributed by atoms with Gasteiger partial charge in [0.2, 0.25) is 0 Å². The first-order valence-electron chi connectivity index (χ1n) is 10.2. The van der Waals surface area contributed by atoms with E-state index in [1.165, 1.54) is 11.1 Å². The summed E-state index contributed by atoms with van der Waals surface area (Å²) in [5, 5.41) is 4.36. The average molecular weight is 386 g/mol. The van der Waals surface area contributed by atoms with Crippen LogP contribution in [-0.2, 0) is 5.41 Å². The molecule has 0 fully saturated rings. The molecule has 1 aromatic heterocycles. The van der Waals surface area contributed by atoms with Crippen LogP contribution in [0.25, 0.3) is 16.5 Å². The zero-order chi connectivity index (χ0) is 20.3. The molecule has 0 spiro atoms. The van der Waals surface area contributed by atoms with Crippen molar-refractivity contribution >= 4 is 22.3 Å². The normalized spacial score (nSPS) is 17.7. The molecule has 0 radical (unpaired) electrons. The first-order chi connectivity index (χ1) is 13.9. The number of fused-ring (bicyclic) bond motifs is 4. The minimum absolute atomic E-state index is 0.0999. The summed E-state index contributed by atoms with van der Waals surface area (Å²) in [4.78, 5) is 17.3. The quantitative estimate of drug-likeness (QED) is 0.669. The van der Waals surface area contributed by atoms with E-state index in [9.17, 15) is 4.79 Å². The van der Waals surface area contributed by atoms with Crippen LogP contribution in [0.1, 0.15) is 58.6 Å². The van der Waals surface area contributed by atoms with Gasteiger partial charge in [0.05, 0.1) is 12.7 Å². The highest BCUT2D eigenvalue weighted by molar-refractivity contribution is 6.20. The molecular weight excluding hydrogens is 360 g/mol. The number of hydrogen-bond acceptors (Lipinski definition) is 3. The second-order valence-corrected chi connectivity index (χ2v) is 8.66. The van der Waals surface area contributed by atoms with E-state index in [-0.39, 0.29) is 11.2 Å². The number of ether oxygens (including phenoxy) is 1. The van der Waals surface area contributed by atoms with Crippen molar-refractivity contribution in [1.29, 1.82) is 0 Å². The third-order valence-corrected chi connectivity index (χ3v) is 6.47. The van der Waals surface area contributed by atoms with Gasteiger partial charge in [-0.3, -0.25) is 4.79 Å². The van der Waals surface area contributed by atoms with E-state index in [1.807, 2.05) is 0 Å². The molecule has 4 heteroatoms. The highest BCUT2D eigenvalue weighted by Gasteiger charge is 2.40. The highest BCUT2D eigenvalue weighted by Crippen LogP contribution is 2.46. The maximum atomic E-state index is 13.7. The van der Waals surface area contributed by atoms with E-state index in [4.69, 9.17) is 4.74 Å². The number of H-pyrrole nitrogens is 1. The number of rotatable bonds is 2. The molecule has 0 amide bonds. The first-order valence-corrected chi connectivity index (χ1v) is 10.2. The molecule has 29 heavy (non-hydrogen) atoms. The molecule has 2 N–H and O–H groups in total. The van der Waals surface area contributed by atoms with Crippen molar-refractivity contribution in [3.05, 3.63) is 69.9 Å². The van der Waals surface area contributed by atoms with Gasteiger partial charge in [0, 0.05) is 39.7 Å². The molecule has 4 nitrogen and oxygen atoms in total. The molecule has 5 rings (SSSR count). The van der Waals surface area contributed by atoms with Gasteiger partial charge in [-0.2, -0.15) is 0 Å². The summed E-state index contributed by atoms with van der Waals surface area (Å²) in [5.41, 5.74) is 7.79. The van der Waals surface area contributed by atoms with Crippen molar-refractivity contribution in [3.63, 3.8) is 0 Å². The number of carbonyl (C=O) groups is 1. The van der Waals surface area contributed by atoms with Crippen LogP contribution >= 0.6 is 0 Å². The minimum atomic E-state index is -0.320. The highest BCUT2D eigenvalue weighted by atomic mass is 16.5. The van der Waals surface area contributed by atoms with E-state index in [0.29, 0.717) is 0 Å².